The summed E-state index contributed by atoms with van der Waals surface area (Å²) in [6.45, 7) is 3.41. The van der Waals surface area contributed by atoms with Gasteiger partial charge in [-0.2, -0.15) is 10.1 Å². The van der Waals surface area contributed by atoms with Gasteiger partial charge < -0.3 is 9.15 Å². The quantitative estimate of drug-likeness (QED) is 0.747. The van der Waals surface area contributed by atoms with E-state index in [0.29, 0.717) is 17.3 Å². The normalized spacial score (nSPS) is 21.0. The molecule has 1 unspecified atom stereocenters. The third-order valence-electron chi connectivity index (χ3n) is 4.60. The molecule has 1 amide bonds. The number of halogens is 1. The zero-order valence-electron chi connectivity index (χ0n) is 14.3. The Bertz CT molecular complexity index is 797. The molecule has 0 bridgehead atoms. The van der Waals surface area contributed by atoms with Crippen LogP contribution in [0.5, 0.6) is 0 Å². The van der Waals surface area contributed by atoms with Crippen LogP contribution < -0.4 is 0 Å². The topological polar surface area (TPSA) is 58.3 Å². The summed E-state index contributed by atoms with van der Waals surface area (Å²) >= 11 is 5.90. The minimum absolute atomic E-state index is 0.126. The van der Waals surface area contributed by atoms with Crippen molar-refractivity contribution in [2.75, 3.05) is 26.2 Å². The lowest BCUT2D eigenvalue weighted by Crippen LogP contribution is -2.32. The Kier molecular flexibility index (Phi) is 4.95. The van der Waals surface area contributed by atoms with Crippen molar-refractivity contribution >= 4 is 23.9 Å². The lowest BCUT2D eigenvalue weighted by molar-refractivity contribution is 0.113. The third kappa shape index (κ3) is 3.92. The predicted octanol–water partition coefficient (Wildman–Crippen LogP) is 3.85. The molecule has 0 saturated carbocycles. The van der Waals surface area contributed by atoms with E-state index in [1.807, 2.05) is 36.4 Å². The van der Waals surface area contributed by atoms with Crippen LogP contribution in [0.2, 0.25) is 5.02 Å². The first-order chi connectivity index (χ1) is 12.7. The summed E-state index contributed by atoms with van der Waals surface area (Å²) in [4.78, 5) is 14.3. The Labute approximate surface area is 157 Å². The molecule has 1 atom stereocenters. The van der Waals surface area contributed by atoms with Gasteiger partial charge in [0.2, 0.25) is 0 Å². The second kappa shape index (κ2) is 7.51. The van der Waals surface area contributed by atoms with Gasteiger partial charge >= 0.3 is 6.09 Å². The summed E-state index contributed by atoms with van der Waals surface area (Å²) in [5, 5.41) is 6.25. The number of carbonyl (C=O) groups is 1. The molecular formula is C19H20ClN3O3. The molecule has 1 aromatic carbocycles. The Morgan fingerprint density at radius 1 is 1.15 bits per heavy atom. The van der Waals surface area contributed by atoms with Crippen LogP contribution in [0.25, 0.3) is 11.3 Å². The van der Waals surface area contributed by atoms with Crippen molar-refractivity contribution in [1.82, 2.24) is 9.91 Å². The van der Waals surface area contributed by atoms with Crippen LogP contribution >= 0.6 is 11.6 Å². The van der Waals surface area contributed by atoms with Gasteiger partial charge in [0.25, 0.3) is 0 Å². The van der Waals surface area contributed by atoms with Crippen molar-refractivity contribution in [3.63, 3.8) is 0 Å². The van der Waals surface area contributed by atoms with Crippen LogP contribution in [-0.2, 0) is 4.74 Å². The molecule has 3 heterocycles. The second-order valence-electron chi connectivity index (χ2n) is 6.55. The molecule has 2 aromatic rings. The van der Waals surface area contributed by atoms with E-state index >= 15 is 0 Å². The van der Waals surface area contributed by atoms with Gasteiger partial charge in [-0.05, 0) is 62.3 Å². The molecule has 2 saturated heterocycles. The number of nitrogens with zero attached hydrogens (tertiary/aromatic N) is 3. The van der Waals surface area contributed by atoms with Crippen LogP contribution in [0, 0.1) is 0 Å². The van der Waals surface area contributed by atoms with Crippen molar-refractivity contribution in [2.24, 2.45) is 5.10 Å². The molecular weight excluding hydrogens is 354 g/mol. The number of likely N-dealkylation sites (tertiary alicyclic amines) is 1. The zero-order valence-corrected chi connectivity index (χ0v) is 15.1. The standard InChI is InChI=1S/C19H20ClN3O3/c20-15-5-3-14(4-6-15)18-8-7-16(25-18)11-21-23-13-17(26-19(23)24)12-22-9-1-2-10-22/h3-8,11,17H,1-2,9-10,12-13H2/b21-11+. The van der Waals surface area contributed by atoms with Gasteiger partial charge in [-0.3, -0.25) is 4.90 Å². The maximum absolute atomic E-state index is 12.0. The molecule has 0 spiro atoms. The van der Waals surface area contributed by atoms with E-state index in [1.165, 1.54) is 17.9 Å². The van der Waals surface area contributed by atoms with Crippen molar-refractivity contribution in [1.29, 1.82) is 0 Å². The minimum Gasteiger partial charge on any atom is -0.455 e. The van der Waals surface area contributed by atoms with E-state index in [9.17, 15) is 4.79 Å². The Morgan fingerprint density at radius 2 is 1.92 bits per heavy atom. The zero-order chi connectivity index (χ0) is 17.9. The van der Waals surface area contributed by atoms with Gasteiger partial charge in [0.1, 0.15) is 17.6 Å². The highest BCUT2D eigenvalue weighted by molar-refractivity contribution is 6.30. The average Bonchev–Trinajstić information content (AvgIpc) is 3.36. The van der Waals surface area contributed by atoms with Crippen LogP contribution in [0.1, 0.15) is 18.6 Å². The largest absolute Gasteiger partial charge is 0.455 e. The van der Waals surface area contributed by atoms with Crippen LogP contribution in [0.3, 0.4) is 0 Å². The first kappa shape index (κ1) is 17.1. The maximum Gasteiger partial charge on any atom is 0.430 e. The average molecular weight is 374 g/mol. The number of amides is 1. The van der Waals surface area contributed by atoms with Gasteiger partial charge in [-0.1, -0.05) is 11.6 Å². The van der Waals surface area contributed by atoms with Gasteiger partial charge in [-0.25, -0.2) is 4.79 Å². The highest BCUT2D eigenvalue weighted by atomic mass is 35.5. The monoisotopic (exact) mass is 373 g/mol. The summed E-state index contributed by atoms with van der Waals surface area (Å²) in [7, 11) is 0. The Morgan fingerprint density at radius 3 is 2.69 bits per heavy atom. The summed E-state index contributed by atoms with van der Waals surface area (Å²) in [5.74, 6) is 1.30. The molecule has 0 aliphatic carbocycles. The fraction of sp³-hybridized carbons (Fsp3) is 0.368. The van der Waals surface area contributed by atoms with Gasteiger partial charge in [-0.15, -0.1) is 0 Å². The molecule has 2 aliphatic rings. The molecule has 0 radical (unpaired) electrons. The molecule has 7 heteroatoms. The van der Waals surface area contributed by atoms with E-state index < -0.39 is 6.09 Å². The SMILES string of the molecule is O=C1OC(CN2CCCC2)CN1/N=C/c1ccc(-c2ccc(Cl)cc2)o1. The molecule has 0 N–H and O–H groups in total. The van der Waals surface area contributed by atoms with Crippen molar-refractivity contribution in [3.8, 4) is 11.3 Å². The molecule has 136 valence electrons. The van der Waals surface area contributed by atoms with E-state index in [2.05, 4.69) is 10.0 Å². The number of ether oxygens (including phenoxy) is 1. The molecule has 1 aromatic heterocycles. The number of carbonyl (C=O) groups excluding carboxylic acids is 1. The summed E-state index contributed by atoms with van der Waals surface area (Å²) in [6, 6.07) is 11.1. The van der Waals surface area contributed by atoms with Gasteiger partial charge in [0.05, 0.1) is 12.8 Å². The summed E-state index contributed by atoms with van der Waals surface area (Å²) in [6.07, 6.45) is 3.45. The highest BCUT2D eigenvalue weighted by Crippen LogP contribution is 2.23. The Balaban J connectivity index is 1.37. The van der Waals surface area contributed by atoms with E-state index in [4.69, 9.17) is 20.8 Å². The maximum atomic E-state index is 12.0. The second-order valence-corrected chi connectivity index (χ2v) is 6.99. The number of cyclic esters (lactones) is 1. The van der Waals surface area contributed by atoms with Crippen LogP contribution in [-0.4, -0.2) is 54.5 Å². The van der Waals surface area contributed by atoms with E-state index in [0.717, 1.165) is 31.0 Å². The van der Waals surface area contributed by atoms with Crippen LogP contribution in [0.15, 0.2) is 45.9 Å². The fourth-order valence-corrected chi connectivity index (χ4v) is 3.39. The van der Waals surface area contributed by atoms with Gasteiger partial charge in [0, 0.05) is 17.1 Å². The minimum atomic E-state index is -0.407. The Hall–Kier alpha value is -2.31. The van der Waals surface area contributed by atoms with E-state index in [1.54, 1.807) is 6.21 Å². The molecule has 2 aliphatic heterocycles. The predicted molar refractivity (Wildman–Crippen MR) is 99.4 cm³/mol. The summed E-state index contributed by atoms with van der Waals surface area (Å²) < 4.78 is 11.2. The number of hydrogen-bond donors (Lipinski definition) is 0. The molecule has 26 heavy (non-hydrogen) atoms. The number of hydrogen-bond acceptors (Lipinski definition) is 5. The lowest BCUT2D eigenvalue weighted by Gasteiger charge is -2.17. The van der Waals surface area contributed by atoms with Crippen molar-refractivity contribution in [2.45, 2.75) is 18.9 Å². The summed E-state index contributed by atoms with van der Waals surface area (Å²) in [5.41, 5.74) is 0.931. The third-order valence-corrected chi connectivity index (χ3v) is 4.85. The molecule has 4 rings (SSSR count). The number of furan rings is 1. The number of hydrazone groups is 1. The first-order valence-electron chi connectivity index (χ1n) is 8.78. The number of rotatable bonds is 5. The van der Waals surface area contributed by atoms with Crippen molar-refractivity contribution < 1.29 is 13.9 Å². The van der Waals surface area contributed by atoms with Gasteiger partial charge in [0.15, 0.2) is 0 Å². The highest BCUT2D eigenvalue weighted by Gasteiger charge is 2.32. The van der Waals surface area contributed by atoms with Crippen LogP contribution in [0.4, 0.5) is 4.79 Å². The van der Waals surface area contributed by atoms with Crippen molar-refractivity contribution in [3.05, 3.63) is 47.2 Å². The first-order valence-corrected chi connectivity index (χ1v) is 9.15. The molecule has 2 fully saturated rings. The van der Waals surface area contributed by atoms with E-state index in [-0.39, 0.29) is 6.10 Å². The fourth-order valence-electron chi connectivity index (χ4n) is 3.27. The lowest BCUT2D eigenvalue weighted by atomic mass is 10.2. The smallest absolute Gasteiger partial charge is 0.430 e. The molecule has 6 nitrogen and oxygen atoms in total. The number of benzene rings is 1.